The number of aromatic amines is 1. The van der Waals surface area contributed by atoms with Crippen LogP contribution in [-0.2, 0) is 16.1 Å². The van der Waals surface area contributed by atoms with Gasteiger partial charge in [0, 0.05) is 23.3 Å². The highest BCUT2D eigenvalue weighted by molar-refractivity contribution is 5.91. The number of nitrogens with one attached hydrogen (secondary N) is 1. The van der Waals surface area contributed by atoms with Crippen LogP contribution in [0.15, 0.2) is 71.5 Å². The van der Waals surface area contributed by atoms with E-state index in [9.17, 15) is 14.4 Å². The van der Waals surface area contributed by atoms with Crippen LogP contribution >= 0.6 is 0 Å². The number of benzene rings is 2. The lowest BCUT2D eigenvalue weighted by molar-refractivity contribution is 0.0454. The quantitative estimate of drug-likeness (QED) is 0.514. The van der Waals surface area contributed by atoms with Crippen LogP contribution in [0.3, 0.4) is 0 Å². The largest absolute Gasteiger partial charge is 0.465 e. The molecular formula is C22H17N3O5. The number of hydrogen-bond donors (Lipinski definition) is 1. The smallest absolute Gasteiger partial charge is 0.356 e. The molecule has 0 unspecified atom stereocenters. The molecule has 150 valence electrons. The summed E-state index contributed by atoms with van der Waals surface area (Å²) in [6.07, 6.45) is 0. The number of aromatic nitrogens is 3. The maximum Gasteiger partial charge on any atom is 0.356 e. The van der Waals surface area contributed by atoms with Crippen LogP contribution in [0, 0.1) is 0 Å². The molecule has 2 heterocycles. The molecule has 4 aromatic rings. The minimum Gasteiger partial charge on any atom is -0.465 e. The van der Waals surface area contributed by atoms with Crippen molar-refractivity contribution in [3.8, 4) is 11.3 Å². The van der Waals surface area contributed by atoms with Crippen LogP contribution in [0.1, 0.15) is 26.4 Å². The number of ether oxygens (including phenoxy) is 2. The molecule has 0 radical (unpaired) electrons. The predicted octanol–water partition coefficient (Wildman–Crippen LogP) is 2.83. The van der Waals surface area contributed by atoms with E-state index in [0.717, 1.165) is 5.56 Å². The molecule has 8 heteroatoms. The molecule has 0 saturated carbocycles. The van der Waals surface area contributed by atoms with Gasteiger partial charge in [0.25, 0.3) is 5.56 Å². The first-order valence-electron chi connectivity index (χ1n) is 9.08. The molecule has 0 aliphatic rings. The minimum absolute atomic E-state index is 0.0698. The first kappa shape index (κ1) is 19.1. The van der Waals surface area contributed by atoms with Crippen molar-refractivity contribution in [2.45, 2.75) is 6.61 Å². The fourth-order valence-electron chi connectivity index (χ4n) is 3.03. The van der Waals surface area contributed by atoms with Crippen molar-refractivity contribution in [2.75, 3.05) is 7.11 Å². The van der Waals surface area contributed by atoms with Crippen LogP contribution in [0.2, 0.25) is 0 Å². The Morgan fingerprint density at radius 1 is 1.00 bits per heavy atom. The van der Waals surface area contributed by atoms with E-state index in [1.165, 1.54) is 23.8 Å². The number of nitrogens with zero attached hydrogens (tertiary/aromatic N) is 2. The van der Waals surface area contributed by atoms with Gasteiger partial charge in [-0.05, 0) is 6.07 Å². The Labute approximate surface area is 170 Å². The van der Waals surface area contributed by atoms with Crippen molar-refractivity contribution >= 4 is 17.6 Å². The molecule has 2 aromatic heterocycles. The van der Waals surface area contributed by atoms with E-state index in [4.69, 9.17) is 9.47 Å². The van der Waals surface area contributed by atoms with Crippen molar-refractivity contribution in [3.05, 3.63) is 93.9 Å². The van der Waals surface area contributed by atoms with Crippen molar-refractivity contribution in [3.63, 3.8) is 0 Å². The molecule has 30 heavy (non-hydrogen) atoms. The minimum atomic E-state index is -0.680. The van der Waals surface area contributed by atoms with Crippen molar-refractivity contribution < 1.29 is 19.1 Å². The van der Waals surface area contributed by atoms with Gasteiger partial charge in [0.1, 0.15) is 12.3 Å². The number of rotatable bonds is 5. The average Bonchev–Trinajstić information content (AvgIpc) is 3.23. The maximum absolute atomic E-state index is 12.5. The van der Waals surface area contributed by atoms with Crippen LogP contribution in [0.25, 0.3) is 16.9 Å². The highest BCUT2D eigenvalue weighted by Crippen LogP contribution is 2.17. The summed E-state index contributed by atoms with van der Waals surface area (Å²) in [5, 5.41) is 2.70. The Hall–Kier alpha value is -4.20. The van der Waals surface area contributed by atoms with Crippen LogP contribution in [0.4, 0.5) is 0 Å². The van der Waals surface area contributed by atoms with Gasteiger partial charge in [0.05, 0.1) is 18.4 Å². The first-order chi connectivity index (χ1) is 14.6. The first-order valence-corrected chi connectivity index (χ1v) is 9.08. The van der Waals surface area contributed by atoms with Gasteiger partial charge >= 0.3 is 11.9 Å². The van der Waals surface area contributed by atoms with Gasteiger partial charge in [-0.1, -0.05) is 48.5 Å². The molecule has 1 N–H and O–H groups in total. The molecule has 0 spiro atoms. The highest BCUT2D eigenvalue weighted by Gasteiger charge is 2.16. The molecule has 0 amide bonds. The van der Waals surface area contributed by atoms with E-state index in [1.807, 2.05) is 30.3 Å². The standard InChI is InChI=1S/C22H17N3O5/c1-29-21(27)16-10-6-5-9-15(16)13-30-22(28)18-11-19-23-17(12-20(26)25(19)24-18)14-7-3-2-4-8-14/h2-12,24H,13H2,1H3. The second kappa shape index (κ2) is 8.04. The second-order valence-electron chi connectivity index (χ2n) is 6.43. The Kier molecular flexibility index (Phi) is 5.13. The van der Waals surface area contributed by atoms with E-state index < -0.39 is 11.9 Å². The zero-order valence-electron chi connectivity index (χ0n) is 16.0. The number of esters is 2. The van der Waals surface area contributed by atoms with E-state index in [1.54, 1.807) is 24.3 Å². The topological polar surface area (TPSA) is 103 Å². The second-order valence-corrected chi connectivity index (χ2v) is 6.43. The Morgan fingerprint density at radius 3 is 2.50 bits per heavy atom. The van der Waals surface area contributed by atoms with Gasteiger partial charge < -0.3 is 9.47 Å². The van der Waals surface area contributed by atoms with Crippen molar-refractivity contribution in [2.24, 2.45) is 0 Å². The van der Waals surface area contributed by atoms with E-state index in [2.05, 4.69) is 10.1 Å². The summed E-state index contributed by atoms with van der Waals surface area (Å²) < 4.78 is 11.2. The van der Waals surface area contributed by atoms with E-state index >= 15 is 0 Å². The van der Waals surface area contributed by atoms with Crippen LogP contribution < -0.4 is 5.56 Å². The normalized spacial score (nSPS) is 10.7. The molecular weight excluding hydrogens is 386 g/mol. The SMILES string of the molecule is COC(=O)c1ccccc1COC(=O)c1cc2nc(-c3ccccc3)cc(=O)n2[nH]1. The number of hydrogen-bond acceptors (Lipinski definition) is 6. The van der Waals surface area contributed by atoms with Gasteiger partial charge in [-0.15, -0.1) is 0 Å². The lowest BCUT2D eigenvalue weighted by Crippen LogP contribution is -2.15. The monoisotopic (exact) mass is 403 g/mol. The zero-order chi connectivity index (χ0) is 21.1. The molecule has 0 aliphatic carbocycles. The molecule has 0 atom stereocenters. The summed E-state index contributed by atoms with van der Waals surface area (Å²) in [6, 6.07) is 18.8. The van der Waals surface area contributed by atoms with Gasteiger partial charge in [-0.2, -0.15) is 0 Å². The number of carbonyl (C=O) groups excluding carboxylic acids is 2. The Morgan fingerprint density at radius 2 is 1.73 bits per heavy atom. The molecule has 4 rings (SSSR count). The average molecular weight is 403 g/mol. The fraction of sp³-hybridized carbons (Fsp3) is 0.0909. The van der Waals surface area contributed by atoms with Crippen molar-refractivity contribution in [1.82, 2.24) is 14.6 Å². The number of methoxy groups -OCH3 is 1. The summed E-state index contributed by atoms with van der Waals surface area (Å²) in [5.74, 6) is -1.20. The molecule has 0 bridgehead atoms. The summed E-state index contributed by atoms with van der Waals surface area (Å²) in [5.41, 5.74) is 2.14. The molecule has 0 fully saturated rings. The molecule has 2 aromatic carbocycles. The molecule has 0 aliphatic heterocycles. The van der Waals surface area contributed by atoms with E-state index in [-0.39, 0.29) is 17.9 Å². The molecule has 0 saturated heterocycles. The van der Waals surface area contributed by atoms with Crippen LogP contribution in [0.5, 0.6) is 0 Å². The zero-order valence-corrected chi connectivity index (χ0v) is 16.0. The Bertz CT molecular complexity index is 1290. The summed E-state index contributed by atoms with van der Waals surface area (Å²) in [6.45, 7) is -0.128. The summed E-state index contributed by atoms with van der Waals surface area (Å²) >= 11 is 0. The summed E-state index contributed by atoms with van der Waals surface area (Å²) in [7, 11) is 1.28. The fourth-order valence-corrected chi connectivity index (χ4v) is 3.03. The Balaban J connectivity index is 1.58. The van der Waals surface area contributed by atoms with Gasteiger partial charge in [0.15, 0.2) is 5.65 Å². The lowest BCUT2D eigenvalue weighted by atomic mass is 10.1. The lowest BCUT2D eigenvalue weighted by Gasteiger charge is -2.08. The molecule has 8 nitrogen and oxygen atoms in total. The predicted molar refractivity (Wildman–Crippen MR) is 108 cm³/mol. The number of H-pyrrole nitrogens is 1. The van der Waals surface area contributed by atoms with Gasteiger partial charge in [-0.3, -0.25) is 9.89 Å². The third-order valence-corrected chi connectivity index (χ3v) is 4.52. The van der Waals surface area contributed by atoms with Crippen molar-refractivity contribution in [1.29, 1.82) is 0 Å². The summed E-state index contributed by atoms with van der Waals surface area (Å²) in [4.78, 5) is 41.2. The van der Waals surface area contributed by atoms with E-state index in [0.29, 0.717) is 22.5 Å². The van der Waals surface area contributed by atoms with Gasteiger partial charge in [0.2, 0.25) is 0 Å². The third-order valence-electron chi connectivity index (χ3n) is 4.52. The highest BCUT2D eigenvalue weighted by atomic mass is 16.5. The number of carbonyl (C=O) groups is 2. The van der Waals surface area contributed by atoms with Gasteiger partial charge in [-0.25, -0.2) is 19.1 Å². The number of fused-ring (bicyclic) bond motifs is 1. The maximum atomic E-state index is 12.5. The van der Waals surface area contributed by atoms with Crippen LogP contribution in [-0.4, -0.2) is 33.6 Å². The third kappa shape index (κ3) is 3.70.